The zero-order chi connectivity index (χ0) is 11.0. The molecule has 0 rings (SSSR count). The molecule has 86 valence electrons. The van der Waals surface area contributed by atoms with Crippen LogP contribution < -0.4 is 0 Å². The number of hydrogen-bond acceptors (Lipinski definition) is 3. The molecule has 2 atom stereocenters. The Morgan fingerprint density at radius 1 is 1.00 bits per heavy atom. The van der Waals surface area contributed by atoms with Crippen molar-refractivity contribution in [3.63, 3.8) is 0 Å². The van der Waals surface area contributed by atoms with Gasteiger partial charge in [-0.3, -0.25) is 0 Å². The van der Waals surface area contributed by atoms with Gasteiger partial charge < -0.3 is 13.9 Å². The van der Waals surface area contributed by atoms with Crippen molar-refractivity contribution in [1.82, 2.24) is 0 Å². The number of rotatable bonds is 8. The predicted octanol–water partition coefficient (Wildman–Crippen LogP) is 3.62. The Labute approximate surface area is 88.8 Å². The Morgan fingerprint density at radius 2 is 1.36 bits per heavy atom. The molecule has 0 spiro atoms. The Hall–Kier alpha value is 0.310. The van der Waals surface area contributed by atoms with Gasteiger partial charge in [-0.1, -0.05) is 26.7 Å². The summed E-state index contributed by atoms with van der Waals surface area (Å²) in [7, 11) is -1.68. The van der Waals surface area contributed by atoms with Crippen molar-refractivity contribution >= 4 is 8.60 Å². The molecular formula is C10H23O3P. The van der Waals surface area contributed by atoms with E-state index >= 15 is 0 Å². The Morgan fingerprint density at radius 3 is 1.64 bits per heavy atom. The van der Waals surface area contributed by atoms with E-state index < -0.39 is 8.60 Å². The lowest BCUT2D eigenvalue weighted by molar-refractivity contribution is 0.116. The monoisotopic (exact) mass is 222 g/mol. The van der Waals surface area contributed by atoms with Crippen molar-refractivity contribution < 1.29 is 13.9 Å². The lowest BCUT2D eigenvalue weighted by Crippen LogP contribution is -2.09. The lowest BCUT2D eigenvalue weighted by Gasteiger charge is -2.19. The third-order valence-electron chi connectivity index (χ3n) is 1.93. The van der Waals surface area contributed by atoms with Crippen LogP contribution in [0.15, 0.2) is 0 Å². The minimum atomic E-state index is -1.68. The molecule has 0 aromatic carbocycles. The first-order valence-corrected chi connectivity index (χ1v) is 6.55. The highest BCUT2D eigenvalue weighted by Crippen LogP contribution is 2.37. The molecular weight excluding hydrogens is 199 g/mol. The molecule has 4 heteroatoms. The van der Waals surface area contributed by atoms with Crippen LogP contribution in [-0.2, 0) is 9.05 Å². The normalized spacial score (nSPS) is 17.8. The van der Waals surface area contributed by atoms with Crippen molar-refractivity contribution in [1.29, 1.82) is 0 Å². The highest BCUT2D eigenvalue weighted by molar-refractivity contribution is 7.40. The predicted molar refractivity (Wildman–Crippen MR) is 60.0 cm³/mol. The summed E-state index contributed by atoms with van der Waals surface area (Å²) < 4.78 is 10.6. The minimum Gasteiger partial charge on any atom is -0.328 e. The fraction of sp³-hybridized carbons (Fsp3) is 1.00. The van der Waals surface area contributed by atoms with Crippen LogP contribution in [0.3, 0.4) is 0 Å². The zero-order valence-electron chi connectivity index (χ0n) is 9.69. The second-order valence-electron chi connectivity index (χ2n) is 3.65. The third kappa shape index (κ3) is 7.69. The van der Waals surface area contributed by atoms with Crippen LogP contribution in [0.25, 0.3) is 0 Å². The van der Waals surface area contributed by atoms with Gasteiger partial charge in [-0.15, -0.1) is 0 Å². The second-order valence-corrected chi connectivity index (χ2v) is 4.54. The maximum absolute atomic E-state index is 9.46. The molecule has 2 unspecified atom stereocenters. The highest BCUT2D eigenvalue weighted by Gasteiger charge is 2.14. The van der Waals surface area contributed by atoms with Crippen molar-refractivity contribution in [2.45, 2.75) is 65.6 Å². The maximum Gasteiger partial charge on any atom is 0.330 e. The van der Waals surface area contributed by atoms with Gasteiger partial charge in [0, 0.05) is 0 Å². The zero-order valence-corrected chi connectivity index (χ0v) is 10.6. The molecule has 0 radical (unpaired) electrons. The van der Waals surface area contributed by atoms with Crippen molar-refractivity contribution in [3.05, 3.63) is 0 Å². The van der Waals surface area contributed by atoms with E-state index in [9.17, 15) is 4.89 Å². The van der Waals surface area contributed by atoms with Crippen molar-refractivity contribution in [2.24, 2.45) is 0 Å². The van der Waals surface area contributed by atoms with Crippen LogP contribution in [-0.4, -0.2) is 17.1 Å². The fourth-order valence-corrected chi connectivity index (χ4v) is 2.13. The summed E-state index contributed by atoms with van der Waals surface area (Å²) in [6.45, 7) is 8.12. The second kappa shape index (κ2) is 8.60. The third-order valence-corrected chi connectivity index (χ3v) is 3.01. The Bertz CT molecular complexity index is 119. The molecule has 1 N–H and O–H groups in total. The van der Waals surface area contributed by atoms with Crippen LogP contribution in [0.5, 0.6) is 0 Å². The van der Waals surface area contributed by atoms with Crippen molar-refractivity contribution in [3.8, 4) is 0 Å². The summed E-state index contributed by atoms with van der Waals surface area (Å²) in [4.78, 5) is 9.46. The first-order chi connectivity index (χ1) is 6.60. The molecule has 3 nitrogen and oxygen atoms in total. The Kier molecular flexibility index (Phi) is 8.80. The summed E-state index contributed by atoms with van der Waals surface area (Å²) in [6, 6.07) is 0. The topological polar surface area (TPSA) is 38.7 Å². The van der Waals surface area contributed by atoms with E-state index in [1.807, 2.05) is 13.8 Å². The molecule has 14 heavy (non-hydrogen) atoms. The smallest absolute Gasteiger partial charge is 0.328 e. The van der Waals surface area contributed by atoms with Crippen LogP contribution in [0.4, 0.5) is 0 Å². The van der Waals surface area contributed by atoms with E-state index in [-0.39, 0.29) is 12.2 Å². The summed E-state index contributed by atoms with van der Waals surface area (Å²) in [5, 5.41) is 0. The molecule has 0 aromatic heterocycles. The molecule has 0 aromatic rings. The van der Waals surface area contributed by atoms with Gasteiger partial charge in [-0.25, -0.2) is 0 Å². The molecule has 0 amide bonds. The SMILES string of the molecule is CCCC(C)OP(O)OC(C)CCC. The molecule has 0 bridgehead atoms. The summed E-state index contributed by atoms with van der Waals surface area (Å²) >= 11 is 0. The van der Waals surface area contributed by atoms with Gasteiger partial charge in [0.05, 0.1) is 12.2 Å². The Balaban J connectivity index is 3.57. The van der Waals surface area contributed by atoms with Gasteiger partial charge in [0.1, 0.15) is 0 Å². The maximum atomic E-state index is 9.46. The summed E-state index contributed by atoms with van der Waals surface area (Å²) in [5.74, 6) is 0. The largest absolute Gasteiger partial charge is 0.330 e. The fourth-order valence-electron chi connectivity index (χ4n) is 1.25. The minimum absolute atomic E-state index is 0.0879. The average molecular weight is 222 g/mol. The van der Waals surface area contributed by atoms with E-state index in [0.717, 1.165) is 25.7 Å². The van der Waals surface area contributed by atoms with Gasteiger partial charge in [0.2, 0.25) is 0 Å². The van der Waals surface area contributed by atoms with Crippen LogP contribution in [0, 0.1) is 0 Å². The average Bonchev–Trinajstić information content (AvgIpc) is 2.03. The molecule has 0 saturated carbocycles. The number of hydrogen-bond donors (Lipinski definition) is 1. The van der Waals surface area contributed by atoms with Gasteiger partial charge in [0.25, 0.3) is 0 Å². The molecule has 0 saturated heterocycles. The van der Waals surface area contributed by atoms with Gasteiger partial charge in [0.15, 0.2) is 0 Å². The van der Waals surface area contributed by atoms with Gasteiger partial charge in [-0.2, -0.15) is 0 Å². The molecule has 0 aliphatic carbocycles. The summed E-state index contributed by atoms with van der Waals surface area (Å²) in [5.41, 5.74) is 0. The standard InChI is InChI=1S/C10H23O3P/c1-5-7-9(3)12-14(11)13-10(4)8-6-2/h9-11H,5-8H2,1-4H3. The summed E-state index contributed by atoms with van der Waals surface area (Å²) in [6.07, 6.45) is 4.23. The molecule has 0 aliphatic rings. The molecule has 0 heterocycles. The van der Waals surface area contributed by atoms with Gasteiger partial charge in [-0.05, 0) is 26.7 Å². The van der Waals surface area contributed by atoms with Crippen LogP contribution in [0.2, 0.25) is 0 Å². The van der Waals surface area contributed by atoms with E-state index in [1.165, 1.54) is 0 Å². The van der Waals surface area contributed by atoms with Crippen LogP contribution >= 0.6 is 8.60 Å². The van der Waals surface area contributed by atoms with Crippen LogP contribution in [0.1, 0.15) is 53.4 Å². The molecule has 0 aliphatic heterocycles. The van der Waals surface area contributed by atoms with Crippen molar-refractivity contribution in [2.75, 3.05) is 0 Å². The first kappa shape index (κ1) is 14.3. The molecule has 0 fully saturated rings. The van der Waals surface area contributed by atoms with E-state index in [1.54, 1.807) is 0 Å². The lowest BCUT2D eigenvalue weighted by atomic mass is 10.2. The van der Waals surface area contributed by atoms with E-state index in [0.29, 0.717) is 0 Å². The van der Waals surface area contributed by atoms with E-state index in [4.69, 9.17) is 9.05 Å². The van der Waals surface area contributed by atoms with E-state index in [2.05, 4.69) is 13.8 Å². The quantitative estimate of drug-likeness (QED) is 0.637. The highest BCUT2D eigenvalue weighted by atomic mass is 31.2. The first-order valence-electron chi connectivity index (χ1n) is 5.42. The van der Waals surface area contributed by atoms with Gasteiger partial charge >= 0.3 is 8.60 Å².